The summed E-state index contributed by atoms with van der Waals surface area (Å²) in [4.78, 5) is 13.3. The van der Waals surface area contributed by atoms with Crippen molar-refractivity contribution in [1.29, 1.82) is 0 Å². The van der Waals surface area contributed by atoms with E-state index in [0.29, 0.717) is 19.1 Å². The lowest BCUT2D eigenvalue weighted by Crippen LogP contribution is -2.64. The van der Waals surface area contributed by atoms with Gasteiger partial charge < -0.3 is 20.5 Å². The second-order valence-corrected chi connectivity index (χ2v) is 5.14. The van der Waals surface area contributed by atoms with Crippen molar-refractivity contribution >= 4 is 5.97 Å². The summed E-state index contributed by atoms with van der Waals surface area (Å²) in [5, 5.41) is 9.09. The molecule has 0 saturated carbocycles. The zero-order valence-corrected chi connectivity index (χ0v) is 9.69. The van der Waals surface area contributed by atoms with E-state index >= 15 is 0 Å². The van der Waals surface area contributed by atoms with Gasteiger partial charge in [-0.15, -0.1) is 0 Å². The fourth-order valence-corrected chi connectivity index (χ4v) is 2.89. The van der Waals surface area contributed by atoms with Gasteiger partial charge >= 0.3 is 5.97 Å². The van der Waals surface area contributed by atoms with Crippen molar-refractivity contribution in [3.05, 3.63) is 0 Å². The normalized spacial score (nSPS) is 31.8. The van der Waals surface area contributed by atoms with Gasteiger partial charge in [-0.05, 0) is 32.4 Å². The molecule has 16 heavy (non-hydrogen) atoms. The molecule has 0 amide bonds. The van der Waals surface area contributed by atoms with Crippen LogP contribution >= 0.6 is 0 Å². The number of piperidine rings is 1. The summed E-state index contributed by atoms with van der Waals surface area (Å²) < 4.78 is 5.24. The maximum Gasteiger partial charge on any atom is 0.321 e. The van der Waals surface area contributed by atoms with E-state index in [1.54, 1.807) is 0 Å². The molecule has 2 atom stereocenters. The van der Waals surface area contributed by atoms with E-state index in [1.165, 1.54) is 0 Å². The quantitative estimate of drug-likeness (QED) is 0.697. The fraction of sp³-hybridized carbons (Fsp3) is 0.909. The summed E-state index contributed by atoms with van der Waals surface area (Å²) in [5.41, 5.74) is 5.50. The van der Waals surface area contributed by atoms with Gasteiger partial charge in [0.1, 0.15) is 6.04 Å². The van der Waals surface area contributed by atoms with Crippen LogP contribution < -0.4 is 5.73 Å². The van der Waals surface area contributed by atoms with Gasteiger partial charge in [0.05, 0.1) is 13.2 Å². The summed E-state index contributed by atoms with van der Waals surface area (Å²) in [5.74, 6) is -0.553. The molecule has 2 heterocycles. The highest BCUT2D eigenvalue weighted by atomic mass is 16.5. The van der Waals surface area contributed by atoms with Crippen LogP contribution in [0, 0.1) is 11.3 Å². The maximum atomic E-state index is 11.1. The number of carbonyl (C=O) groups is 1. The van der Waals surface area contributed by atoms with Crippen molar-refractivity contribution in [2.75, 3.05) is 33.4 Å². The highest BCUT2D eigenvalue weighted by Crippen LogP contribution is 2.42. The Kier molecular flexibility index (Phi) is 3.19. The smallest absolute Gasteiger partial charge is 0.321 e. The molecule has 3 N–H and O–H groups in total. The van der Waals surface area contributed by atoms with Crippen LogP contribution in [0.3, 0.4) is 0 Å². The largest absolute Gasteiger partial charge is 0.480 e. The lowest BCUT2D eigenvalue weighted by atomic mass is 9.65. The predicted molar refractivity (Wildman–Crippen MR) is 59.1 cm³/mol. The summed E-state index contributed by atoms with van der Waals surface area (Å²) in [6, 6.07) is -0.794. The van der Waals surface area contributed by atoms with Crippen LogP contribution in [0.2, 0.25) is 0 Å². The topological polar surface area (TPSA) is 75.8 Å². The first-order valence-corrected chi connectivity index (χ1v) is 5.81. The summed E-state index contributed by atoms with van der Waals surface area (Å²) >= 11 is 0. The molecule has 5 heteroatoms. The SMILES string of the molecule is CN1CCCC(C2(C(N)C(=O)O)COC2)C1. The average Bonchev–Trinajstić information content (AvgIpc) is 2.15. The molecule has 0 aromatic carbocycles. The second-order valence-electron chi connectivity index (χ2n) is 5.14. The lowest BCUT2D eigenvalue weighted by molar-refractivity contribution is -0.183. The molecule has 5 nitrogen and oxygen atoms in total. The van der Waals surface area contributed by atoms with Gasteiger partial charge in [0.2, 0.25) is 0 Å². The third-order valence-electron chi connectivity index (χ3n) is 4.06. The number of hydrogen-bond donors (Lipinski definition) is 2. The Bertz CT molecular complexity index is 278. The molecule has 0 radical (unpaired) electrons. The van der Waals surface area contributed by atoms with Crippen molar-refractivity contribution in [1.82, 2.24) is 4.90 Å². The van der Waals surface area contributed by atoms with Crippen molar-refractivity contribution in [2.24, 2.45) is 17.1 Å². The molecule has 2 unspecified atom stereocenters. The highest BCUT2D eigenvalue weighted by molar-refractivity contribution is 5.74. The number of nitrogens with zero attached hydrogens (tertiary/aromatic N) is 1. The number of ether oxygens (including phenoxy) is 1. The molecule has 2 aliphatic rings. The Morgan fingerprint density at radius 1 is 1.62 bits per heavy atom. The number of nitrogens with two attached hydrogens (primary N) is 1. The maximum absolute atomic E-state index is 11.1. The zero-order valence-electron chi connectivity index (χ0n) is 9.69. The van der Waals surface area contributed by atoms with E-state index in [1.807, 2.05) is 0 Å². The number of carboxylic acid groups (broad SMARTS) is 1. The Labute approximate surface area is 95.5 Å². The number of likely N-dealkylation sites (tertiary alicyclic amines) is 1. The summed E-state index contributed by atoms with van der Waals surface area (Å²) in [6.07, 6.45) is 2.18. The molecular formula is C11H20N2O3. The Morgan fingerprint density at radius 3 is 2.75 bits per heavy atom. The molecule has 2 saturated heterocycles. The Morgan fingerprint density at radius 2 is 2.31 bits per heavy atom. The zero-order chi connectivity index (χ0) is 11.8. The molecule has 0 aromatic heterocycles. The number of aliphatic carboxylic acids is 1. The van der Waals surface area contributed by atoms with E-state index in [-0.39, 0.29) is 5.41 Å². The predicted octanol–water partition coefficient (Wildman–Crippen LogP) is -0.243. The molecule has 0 aliphatic carbocycles. The molecular weight excluding hydrogens is 208 g/mol. The monoisotopic (exact) mass is 228 g/mol. The van der Waals surface area contributed by atoms with Gasteiger partial charge in [0, 0.05) is 12.0 Å². The van der Waals surface area contributed by atoms with Gasteiger partial charge in [-0.2, -0.15) is 0 Å². The third-order valence-corrected chi connectivity index (χ3v) is 4.06. The highest BCUT2D eigenvalue weighted by Gasteiger charge is 2.53. The van der Waals surface area contributed by atoms with Gasteiger partial charge in [-0.25, -0.2) is 0 Å². The second kappa shape index (κ2) is 4.31. The van der Waals surface area contributed by atoms with Crippen molar-refractivity contribution in [3.63, 3.8) is 0 Å². The minimum Gasteiger partial charge on any atom is -0.480 e. The van der Waals surface area contributed by atoms with Crippen molar-refractivity contribution in [2.45, 2.75) is 18.9 Å². The van der Waals surface area contributed by atoms with Crippen LogP contribution in [-0.4, -0.2) is 55.4 Å². The van der Waals surface area contributed by atoms with Crippen LogP contribution in [0.4, 0.5) is 0 Å². The van der Waals surface area contributed by atoms with Gasteiger partial charge in [-0.1, -0.05) is 0 Å². The number of rotatable bonds is 3. The van der Waals surface area contributed by atoms with Crippen molar-refractivity contribution < 1.29 is 14.6 Å². The van der Waals surface area contributed by atoms with Gasteiger partial charge in [0.25, 0.3) is 0 Å². The molecule has 0 aromatic rings. The first-order chi connectivity index (χ1) is 7.56. The number of hydrogen-bond acceptors (Lipinski definition) is 4. The van der Waals surface area contributed by atoms with Crippen LogP contribution in [0.25, 0.3) is 0 Å². The third kappa shape index (κ3) is 1.83. The van der Waals surface area contributed by atoms with Crippen molar-refractivity contribution in [3.8, 4) is 0 Å². The minimum absolute atomic E-state index is 0.333. The summed E-state index contributed by atoms with van der Waals surface area (Å²) in [7, 11) is 2.08. The lowest BCUT2D eigenvalue weighted by Gasteiger charge is -2.51. The molecule has 0 spiro atoms. The first kappa shape index (κ1) is 11.8. The molecule has 0 bridgehead atoms. The minimum atomic E-state index is -0.906. The Balaban J connectivity index is 2.11. The molecule has 2 fully saturated rings. The van der Waals surface area contributed by atoms with Crippen LogP contribution in [-0.2, 0) is 9.53 Å². The molecule has 2 aliphatic heterocycles. The molecule has 92 valence electrons. The van der Waals surface area contributed by atoms with E-state index in [9.17, 15) is 4.79 Å². The Hall–Kier alpha value is -0.650. The fourth-order valence-electron chi connectivity index (χ4n) is 2.89. The standard InChI is InChI=1S/C11H20N2O3/c1-13-4-2-3-8(5-13)11(6-16-7-11)9(12)10(14)15/h8-9H,2-7,12H2,1H3,(H,14,15). The first-order valence-electron chi connectivity index (χ1n) is 5.81. The van der Waals surface area contributed by atoms with E-state index < -0.39 is 12.0 Å². The number of carboxylic acids is 1. The van der Waals surface area contributed by atoms with Crippen LogP contribution in [0.5, 0.6) is 0 Å². The van der Waals surface area contributed by atoms with Gasteiger partial charge in [0.15, 0.2) is 0 Å². The van der Waals surface area contributed by atoms with E-state index in [2.05, 4.69) is 11.9 Å². The van der Waals surface area contributed by atoms with Crippen LogP contribution in [0.15, 0.2) is 0 Å². The van der Waals surface area contributed by atoms with E-state index in [4.69, 9.17) is 15.6 Å². The molecule has 2 rings (SSSR count). The average molecular weight is 228 g/mol. The van der Waals surface area contributed by atoms with E-state index in [0.717, 1.165) is 25.9 Å². The van der Waals surface area contributed by atoms with Gasteiger partial charge in [-0.3, -0.25) is 4.79 Å². The summed E-state index contributed by atoms with van der Waals surface area (Å²) in [6.45, 7) is 3.03. The van der Waals surface area contributed by atoms with Crippen LogP contribution in [0.1, 0.15) is 12.8 Å².